The Morgan fingerprint density at radius 1 is 0.268 bits per heavy atom. The summed E-state index contributed by atoms with van der Waals surface area (Å²) >= 11 is 0. The third-order valence-electron chi connectivity index (χ3n) is 15.5. The van der Waals surface area contributed by atoms with Crippen LogP contribution in [0.1, 0.15) is 0 Å². The lowest BCUT2D eigenvalue weighted by Gasteiger charge is -2.30. The Kier molecular flexibility index (Phi) is 15.6. The number of nitrogens with zero attached hydrogens (tertiary/aromatic N) is 1. The van der Waals surface area contributed by atoms with Crippen LogP contribution in [0, 0.1) is 0 Å². The van der Waals surface area contributed by atoms with Gasteiger partial charge < -0.3 is 43.7 Å². The summed E-state index contributed by atoms with van der Waals surface area (Å²) in [5.74, 6) is 3.80. The van der Waals surface area contributed by atoms with Crippen molar-refractivity contribution in [2.24, 2.45) is 0 Å². The second-order valence-corrected chi connectivity index (χ2v) is 20.7. The fourth-order valence-corrected chi connectivity index (χ4v) is 11.8. The Balaban J connectivity index is 0.848. The SMILES string of the molecule is COc1ccc2ccccc2c1-c1c(OC[C@H](O)CN(C[C@@H](O)COc2ccc3ccccc3c2-c2c(OC)ccc3ccccc23)C[C@@H](O)COc2ccc3ccccc3c2-c2c(OC)ccc3ccccc23)ccc2ccccc12. The van der Waals surface area contributed by atoms with E-state index in [9.17, 15) is 15.3 Å². The highest BCUT2D eigenvalue weighted by molar-refractivity contribution is 6.12. The molecule has 0 aliphatic carbocycles. The van der Waals surface area contributed by atoms with Gasteiger partial charge >= 0.3 is 0 Å². The van der Waals surface area contributed by atoms with Crippen molar-refractivity contribution in [1.29, 1.82) is 0 Å². The number of ether oxygens (including phenoxy) is 6. The average Bonchev–Trinajstić information content (AvgIpc) is 3.60. The van der Waals surface area contributed by atoms with Gasteiger partial charge in [-0.25, -0.2) is 0 Å². The molecule has 0 saturated heterocycles. The summed E-state index contributed by atoms with van der Waals surface area (Å²) in [5.41, 5.74) is 5.20. The molecule has 0 spiro atoms. The molecule has 0 aromatic heterocycles. The minimum atomic E-state index is -1.08. The van der Waals surface area contributed by atoms with Crippen LogP contribution in [-0.2, 0) is 0 Å². The van der Waals surface area contributed by atoms with Gasteiger partial charge in [0.2, 0.25) is 0 Å². The molecule has 10 nitrogen and oxygen atoms in total. The second kappa shape index (κ2) is 23.9. The first-order chi connectivity index (χ1) is 40.3. The molecule has 0 aliphatic rings. The summed E-state index contributed by atoms with van der Waals surface area (Å²) < 4.78 is 38.1. The molecule has 0 aliphatic heterocycles. The Labute approximate surface area is 476 Å². The zero-order valence-corrected chi connectivity index (χ0v) is 46.0. The van der Waals surface area contributed by atoms with Crippen molar-refractivity contribution in [2.75, 3.05) is 60.8 Å². The standard InChI is InChI=1S/C72H63NO9/c1-77-61-34-28-46-16-4-10-22-55(46)67(61)70-58-25-13-7-19-49(58)31-37-64(70)80-43-52(74)40-73(41-53(75)44-81-65-38-32-50-20-8-14-26-59(50)71(65)68-56-23-11-5-17-47(56)29-35-62(68)78-2)42-54(76)45-82-66-39-33-51-21-9-15-27-60(51)72(66)69-57-24-12-6-18-48(57)30-36-63(69)79-3/h4-39,52-54,74-76H,40-45H2,1-3H3/t52-,53-,54-/m1/s1. The first-order valence-corrected chi connectivity index (χ1v) is 27.7. The summed E-state index contributed by atoms with van der Waals surface area (Å²) in [6.45, 7) is -0.231. The molecule has 410 valence electrons. The van der Waals surface area contributed by atoms with Gasteiger partial charge in [-0.1, -0.05) is 182 Å². The van der Waals surface area contributed by atoms with Crippen molar-refractivity contribution in [2.45, 2.75) is 18.3 Å². The van der Waals surface area contributed by atoms with E-state index in [-0.39, 0.29) is 39.5 Å². The highest BCUT2D eigenvalue weighted by Crippen LogP contribution is 2.49. The molecular formula is C72H63NO9. The number of hydrogen-bond donors (Lipinski definition) is 3. The summed E-state index contributed by atoms with van der Waals surface area (Å²) in [6, 6.07) is 73.0. The highest BCUT2D eigenvalue weighted by atomic mass is 16.5. The van der Waals surface area contributed by atoms with Crippen molar-refractivity contribution < 1.29 is 43.7 Å². The molecule has 12 rings (SSSR count). The van der Waals surface area contributed by atoms with Crippen molar-refractivity contribution >= 4 is 64.6 Å². The minimum absolute atomic E-state index is 0.0253. The van der Waals surface area contributed by atoms with Crippen molar-refractivity contribution in [3.63, 3.8) is 0 Å². The Morgan fingerprint density at radius 3 is 0.683 bits per heavy atom. The molecule has 0 amide bonds. The molecular weight excluding hydrogens is 1020 g/mol. The molecule has 0 heterocycles. The minimum Gasteiger partial charge on any atom is -0.496 e. The quantitative estimate of drug-likeness (QED) is 0.0642. The van der Waals surface area contributed by atoms with E-state index in [1.807, 2.05) is 150 Å². The first-order valence-electron chi connectivity index (χ1n) is 27.7. The number of fused-ring (bicyclic) bond motifs is 6. The van der Waals surface area contributed by atoms with Crippen LogP contribution in [0.15, 0.2) is 218 Å². The Bertz CT molecular complexity index is 3840. The van der Waals surface area contributed by atoms with Crippen LogP contribution in [0.4, 0.5) is 0 Å². The largest absolute Gasteiger partial charge is 0.496 e. The number of rotatable bonds is 21. The van der Waals surface area contributed by atoms with E-state index < -0.39 is 18.3 Å². The van der Waals surface area contributed by atoms with Crippen molar-refractivity contribution in [1.82, 2.24) is 4.90 Å². The smallest absolute Gasteiger partial charge is 0.128 e. The average molecular weight is 1090 g/mol. The van der Waals surface area contributed by atoms with Gasteiger partial charge in [0, 0.05) is 53.0 Å². The van der Waals surface area contributed by atoms with Crippen LogP contribution >= 0.6 is 0 Å². The molecule has 3 atom stereocenters. The summed E-state index contributed by atoms with van der Waals surface area (Å²) in [7, 11) is 5.01. The van der Waals surface area contributed by atoms with Crippen LogP contribution in [0.2, 0.25) is 0 Å². The molecule has 82 heavy (non-hydrogen) atoms. The molecule has 0 saturated carbocycles. The lowest BCUT2D eigenvalue weighted by atomic mass is 9.92. The molecule has 0 bridgehead atoms. The lowest BCUT2D eigenvalue weighted by molar-refractivity contribution is 0.00377. The van der Waals surface area contributed by atoms with Crippen molar-refractivity contribution in [3.05, 3.63) is 218 Å². The molecule has 0 radical (unpaired) electrons. The normalized spacial score (nSPS) is 12.8. The number of hydrogen-bond acceptors (Lipinski definition) is 10. The van der Waals surface area contributed by atoms with E-state index in [0.717, 1.165) is 98.0 Å². The highest BCUT2D eigenvalue weighted by Gasteiger charge is 2.26. The number of benzene rings is 12. The van der Waals surface area contributed by atoms with Gasteiger partial charge in [-0.3, -0.25) is 4.90 Å². The maximum Gasteiger partial charge on any atom is 0.128 e. The van der Waals surface area contributed by atoms with Crippen molar-refractivity contribution in [3.8, 4) is 67.9 Å². The van der Waals surface area contributed by atoms with Gasteiger partial charge in [-0.05, 0) is 101 Å². The van der Waals surface area contributed by atoms with E-state index in [1.165, 1.54) is 0 Å². The van der Waals surface area contributed by atoms with Gasteiger partial charge in [0.05, 0.1) is 21.3 Å². The predicted molar refractivity (Wildman–Crippen MR) is 331 cm³/mol. The summed E-state index contributed by atoms with van der Waals surface area (Å²) in [6.07, 6.45) is -3.23. The molecule has 12 aromatic carbocycles. The monoisotopic (exact) mass is 1090 g/mol. The van der Waals surface area contributed by atoms with Crippen LogP contribution in [-0.4, -0.2) is 99.3 Å². The number of aliphatic hydroxyl groups is 3. The predicted octanol–water partition coefficient (Wildman–Crippen LogP) is 14.6. The van der Waals surface area contributed by atoms with E-state index >= 15 is 0 Å². The van der Waals surface area contributed by atoms with Gasteiger partial charge in [0.1, 0.15) is 72.6 Å². The van der Waals surface area contributed by atoms with Crippen LogP contribution < -0.4 is 28.4 Å². The van der Waals surface area contributed by atoms with Gasteiger partial charge in [-0.2, -0.15) is 0 Å². The Hall–Kier alpha value is -9.16. The van der Waals surface area contributed by atoms with E-state index in [1.54, 1.807) is 21.3 Å². The lowest BCUT2D eigenvalue weighted by Crippen LogP contribution is -2.45. The maximum absolute atomic E-state index is 12.1. The number of methoxy groups -OCH3 is 3. The zero-order valence-electron chi connectivity index (χ0n) is 46.0. The van der Waals surface area contributed by atoms with Gasteiger partial charge in [-0.15, -0.1) is 0 Å². The molecule has 3 N–H and O–H groups in total. The second-order valence-electron chi connectivity index (χ2n) is 20.7. The zero-order chi connectivity index (χ0) is 56.1. The molecule has 12 aromatic rings. The Morgan fingerprint density at radius 2 is 0.463 bits per heavy atom. The van der Waals surface area contributed by atoms with Crippen LogP contribution in [0.25, 0.3) is 98.0 Å². The van der Waals surface area contributed by atoms with Gasteiger partial charge in [0.15, 0.2) is 0 Å². The third-order valence-corrected chi connectivity index (χ3v) is 15.5. The van der Waals surface area contributed by atoms with Crippen LogP contribution in [0.3, 0.4) is 0 Å². The molecule has 0 fully saturated rings. The van der Waals surface area contributed by atoms with E-state index in [4.69, 9.17) is 28.4 Å². The topological polar surface area (TPSA) is 119 Å². The first kappa shape index (κ1) is 53.5. The van der Waals surface area contributed by atoms with E-state index in [2.05, 4.69) is 72.8 Å². The fraction of sp³-hybridized carbons (Fsp3) is 0.167. The maximum atomic E-state index is 12.1. The van der Waals surface area contributed by atoms with Gasteiger partial charge in [0.25, 0.3) is 0 Å². The summed E-state index contributed by atoms with van der Waals surface area (Å²) in [4.78, 5) is 1.84. The molecule has 0 unspecified atom stereocenters. The van der Waals surface area contributed by atoms with E-state index in [0.29, 0.717) is 34.5 Å². The molecule has 10 heteroatoms. The fourth-order valence-electron chi connectivity index (χ4n) is 11.8. The third kappa shape index (κ3) is 10.7. The number of aliphatic hydroxyl groups excluding tert-OH is 3. The van der Waals surface area contributed by atoms with Crippen LogP contribution in [0.5, 0.6) is 34.5 Å². The summed E-state index contributed by atoms with van der Waals surface area (Å²) in [5, 5.41) is 48.5.